The first kappa shape index (κ1) is 22.7. The Balaban J connectivity index is 1.24. The second-order valence-electron chi connectivity index (χ2n) is 8.48. The molecule has 0 radical (unpaired) electrons. The summed E-state index contributed by atoms with van der Waals surface area (Å²) in [7, 11) is -3.80. The standard InChI is InChI=1S/C22H27N7O4S/c23-34(30,31)17-13-25-22(26-14-17)27-15-3-5-16(6-4-15)33-21-18-2-1-7-24-19(18)12-20(28-21)29-8-10-32-11-9-29/h1-2,7,12-16H,3-6,8-11H2,(H2,23,30,31)(H,25,26,27). The lowest BCUT2D eigenvalue weighted by molar-refractivity contribution is 0.122. The maximum Gasteiger partial charge on any atom is 0.241 e. The number of anilines is 2. The van der Waals surface area contributed by atoms with Crippen LogP contribution in [0.3, 0.4) is 0 Å². The number of primary sulfonamides is 1. The maximum absolute atomic E-state index is 11.4. The molecule has 34 heavy (non-hydrogen) atoms. The van der Waals surface area contributed by atoms with Crippen LogP contribution in [-0.2, 0) is 14.8 Å². The number of nitrogens with two attached hydrogens (primary N) is 1. The summed E-state index contributed by atoms with van der Waals surface area (Å²) in [5.41, 5.74) is 0.865. The highest BCUT2D eigenvalue weighted by Gasteiger charge is 2.25. The van der Waals surface area contributed by atoms with E-state index in [1.165, 1.54) is 12.4 Å². The van der Waals surface area contributed by atoms with Gasteiger partial charge in [-0.3, -0.25) is 4.98 Å². The Kier molecular flexibility index (Phi) is 6.44. The van der Waals surface area contributed by atoms with Crippen LogP contribution in [0, 0.1) is 0 Å². The molecule has 0 bridgehead atoms. The van der Waals surface area contributed by atoms with Crippen molar-refractivity contribution in [1.82, 2.24) is 19.9 Å². The largest absolute Gasteiger partial charge is 0.474 e. The number of nitrogens with one attached hydrogen (secondary N) is 1. The molecule has 1 aliphatic carbocycles. The van der Waals surface area contributed by atoms with E-state index in [4.69, 9.17) is 19.6 Å². The van der Waals surface area contributed by atoms with E-state index in [1.807, 2.05) is 18.2 Å². The van der Waals surface area contributed by atoms with Gasteiger partial charge < -0.3 is 19.7 Å². The van der Waals surface area contributed by atoms with Crippen molar-refractivity contribution in [3.8, 4) is 5.88 Å². The smallest absolute Gasteiger partial charge is 0.241 e. The van der Waals surface area contributed by atoms with Gasteiger partial charge in [-0.25, -0.2) is 23.5 Å². The zero-order chi connectivity index (χ0) is 23.5. The van der Waals surface area contributed by atoms with E-state index >= 15 is 0 Å². The van der Waals surface area contributed by atoms with Crippen molar-refractivity contribution in [2.45, 2.75) is 42.7 Å². The molecule has 1 saturated heterocycles. The average molecular weight is 486 g/mol. The summed E-state index contributed by atoms with van der Waals surface area (Å²) >= 11 is 0. The minimum Gasteiger partial charge on any atom is -0.474 e. The fourth-order valence-electron chi connectivity index (χ4n) is 4.28. The zero-order valence-electron chi connectivity index (χ0n) is 18.6. The van der Waals surface area contributed by atoms with Gasteiger partial charge in [0.1, 0.15) is 16.8 Å². The second-order valence-corrected chi connectivity index (χ2v) is 10.0. The van der Waals surface area contributed by atoms with Gasteiger partial charge in [0.25, 0.3) is 0 Å². The molecule has 3 aromatic heterocycles. The van der Waals surface area contributed by atoms with Gasteiger partial charge >= 0.3 is 0 Å². The van der Waals surface area contributed by atoms with Gasteiger partial charge in [0.2, 0.25) is 21.9 Å². The van der Waals surface area contributed by atoms with Crippen molar-refractivity contribution in [2.75, 3.05) is 36.5 Å². The molecule has 12 heteroatoms. The molecule has 0 unspecified atom stereocenters. The number of aromatic nitrogens is 4. The van der Waals surface area contributed by atoms with E-state index in [0.717, 1.165) is 55.5 Å². The van der Waals surface area contributed by atoms with Crippen LogP contribution in [0.5, 0.6) is 5.88 Å². The van der Waals surface area contributed by atoms with Gasteiger partial charge in [0.05, 0.1) is 36.5 Å². The molecule has 1 aliphatic heterocycles. The van der Waals surface area contributed by atoms with Crippen LogP contribution in [0.15, 0.2) is 41.7 Å². The van der Waals surface area contributed by atoms with Crippen LogP contribution in [0.25, 0.3) is 10.9 Å². The number of sulfonamides is 1. The van der Waals surface area contributed by atoms with Crippen LogP contribution in [-0.4, -0.2) is 66.8 Å². The fourth-order valence-corrected chi connectivity index (χ4v) is 4.68. The first-order valence-electron chi connectivity index (χ1n) is 11.3. The molecule has 0 amide bonds. The minimum atomic E-state index is -3.80. The third-order valence-corrected chi connectivity index (χ3v) is 7.00. The van der Waals surface area contributed by atoms with Crippen molar-refractivity contribution in [3.63, 3.8) is 0 Å². The third kappa shape index (κ3) is 5.18. The molecule has 2 aliphatic rings. The molecule has 0 spiro atoms. The number of morpholine rings is 1. The molecule has 2 fully saturated rings. The van der Waals surface area contributed by atoms with Crippen molar-refractivity contribution >= 4 is 32.7 Å². The summed E-state index contributed by atoms with van der Waals surface area (Å²) < 4.78 is 34.6. The van der Waals surface area contributed by atoms with E-state index in [0.29, 0.717) is 25.0 Å². The predicted octanol–water partition coefficient (Wildman–Crippen LogP) is 1.71. The second kappa shape index (κ2) is 9.65. The minimum absolute atomic E-state index is 0.0413. The van der Waals surface area contributed by atoms with Gasteiger partial charge in [-0.1, -0.05) is 0 Å². The van der Waals surface area contributed by atoms with Gasteiger partial charge in [-0.05, 0) is 37.8 Å². The molecule has 180 valence electrons. The summed E-state index contributed by atoms with van der Waals surface area (Å²) in [5.74, 6) is 1.86. The average Bonchev–Trinajstić information content (AvgIpc) is 2.85. The Morgan fingerprint density at radius 2 is 1.82 bits per heavy atom. The molecular weight excluding hydrogens is 458 g/mol. The van der Waals surface area contributed by atoms with E-state index < -0.39 is 10.0 Å². The monoisotopic (exact) mass is 485 g/mol. The quantitative estimate of drug-likeness (QED) is 0.529. The van der Waals surface area contributed by atoms with E-state index in [-0.39, 0.29) is 17.0 Å². The number of hydrogen-bond acceptors (Lipinski definition) is 10. The normalized spacial score (nSPS) is 21.4. The topological polar surface area (TPSA) is 145 Å². The summed E-state index contributed by atoms with van der Waals surface area (Å²) in [6.07, 6.45) is 7.67. The van der Waals surface area contributed by atoms with Crippen molar-refractivity contribution in [3.05, 3.63) is 36.8 Å². The highest BCUT2D eigenvalue weighted by Crippen LogP contribution is 2.31. The third-order valence-electron chi connectivity index (χ3n) is 6.13. The van der Waals surface area contributed by atoms with E-state index in [2.05, 4.69) is 25.2 Å². The summed E-state index contributed by atoms with van der Waals surface area (Å²) in [6.45, 7) is 2.96. The van der Waals surface area contributed by atoms with Crippen molar-refractivity contribution in [1.29, 1.82) is 0 Å². The summed E-state index contributed by atoms with van der Waals surface area (Å²) in [5, 5.41) is 9.27. The maximum atomic E-state index is 11.4. The van der Waals surface area contributed by atoms with Crippen LogP contribution in [0.1, 0.15) is 25.7 Å². The SMILES string of the molecule is NS(=O)(=O)c1cnc(NC2CCC(Oc3nc(N4CCOCC4)cc4ncccc34)CC2)nc1. The Morgan fingerprint density at radius 1 is 1.09 bits per heavy atom. The molecular formula is C22H27N7O4S. The molecule has 1 saturated carbocycles. The molecule has 0 aromatic carbocycles. The number of rotatable bonds is 6. The molecule has 4 heterocycles. The number of pyridine rings is 2. The van der Waals surface area contributed by atoms with Crippen molar-refractivity contribution < 1.29 is 17.9 Å². The van der Waals surface area contributed by atoms with Gasteiger partial charge in [-0.2, -0.15) is 4.98 Å². The number of fused-ring (bicyclic) bond motifs is 1. The molecule has 5 rings (SSSR count). The number of nitrogens with zero attached hydrogens (tertiary/aromatic N) is 5. The molecule has 3 N–H and O–H groups in total. The first-order valence-corrected chi connectivity index (χ1v) is 12.9. The Morgan fingerprint density at radius 3 is 2.53 bits per heavy atom. The summed E-state index contributed by atoms with van der Waals surface area (Å²) in [6, 6.07) is 6.07. The van der Waals surface area contributed by atoms with Crippen LogP contribution in [0.4, 0.5) is 11.8 Å². The van der Waals surface area contributed by atoms with Crippen molar-refractivity contribution in [2.24, 2.45) is 5.14 Å². The molecule has 11 nitrogen and oxygen atoms in total. The zero-order valence-corrected chi connectivity index (χ0v) is 19.4. The van der Waals surface area contributed by atoms with Gasteiger partial charge in [0, 0.05) is 31.4 Å². The molecule has 0 atom stereocenters. The number of ether oxygens (including phenoxy) is 2. The highest BCUT2D eigenvalue weighted by molar-refractivity contribution is 7.89. The Hall–Kier alpha value is -3.09. The van der Waals surface area contributed by atoms with Gasteiger partial charge in [0.15, 0.2) is 0 Å². The van der Waals surface area contributed by atoms with Crippen LogP contribution >= 0.6 is 0 Å². The highest BCUT2D eigenvalue weighted by atomic mass is 32.2. The fraction of sp³-hybridized carbons (Fsp3) is 0.455. The lowest BCUT2D eigenvalue weighted by Gasteiger charge is -2.31. The lowest BCUT2D eigenvalue weighted by Crippen LogP contribution is -2.37. The van der Waals surface area contributed by atoms with E-state index in [1.54, 1.807) is 6.20 Å². The lowest BCUT2D eigenvalue weighted by atomic mass is 9.93. The Labute approximate surface area is 197 Å². The van der Waals surface area contributed by atoms with Crippen LogP contribution in [0.2, 0.25) is 0 Å². The van der Waals surface area contributed by atoms with Crippen LogP contribution < -0.4 is 20.1 Å². The molecule has 3 aromatic rings. The predicted molar refractivity (Wildman–Crippen MR) is 126 cm³/mol. The van der Waals surface area contributed by atoms with Gasteiger partial charge in [-0.15, -0.1) is 0 Å². The first-order chi connectivity index (χ1) is 16.5. The summed E-state index contributed by atoms with van der Waals surface area (Å²) in [4.78, 5) is 19.6. The van der Waals surface area contributed by atoms with E-state index in [9.17, 15) is 8.42 Å². The Bertz CT molecular complexity index is 1240. The number of hydrogen-bond donors (Lipinski definition) is 2.